The molecule has 0 unspecified atom stereocenters. The standard InChI is InChI=1S/6CN.B.Mn/c6*1-2;;/q6*-1;;. The van der Waals surface area contributed by atoms with Gasteiger partial charge in [-0.2, -0.15) is 0 Å². The Morgan fingerprint density at radius 2 is 0.357 bits per heavy atom. The molecule has 4 radical (unpaired) electrons. The van der Waals surface area contributed by atoms with E-state index in [2.05, 4.69) is 0 Å². The Morgan fingerprint density at radius 3 is 0.357 bits per heavy atom. The maximum Gasteiger partial charge on any atom is 0 e. The first kappa shape index (κ1) is 103. The van der Waals surface area contributed by atoms with Crippen LogP contribution < -0.4 is 0 Å². The van der Waals surface area contributed by atoms with Crippen molar-refractivity contribution in [3.05, 3.63) is 39.4 Å². The Hall–Kier alpha value is -2.48. The predicted octanol–water partition coefficient (Wildman–Crippen LogP) is 0.195. The molecule has 8 heteroatoms. The van der Waals surface area contributed by atoms with Crippen LogP contribution in [0.1, 0.15) is 0 Å². The van der Waals surface area contributed by atoms with E-state index in [9.17, 15) is 0 Å². The second-order valence-corrected chi connectivity index (χ2v) is 0. The summed E-state index contributed by atoms with van der Waals surface area (Å²) in [6.45, 7) is 28.5. The van der Waals surface area contributed by atoms with E-state index in [1.54, 1.807) is 0 Å². The molecular weight excluding hydrogens is 222 g/mol. The maximum atomic E-state index is 6.25. The third kappa shape index (κ3) is 113. The van der Waals surface area contributed by atoms with Crippen molar-refractivity contribution < 1.29 is 17.1 Å². The van der Waals surface area contributed by atoms with Gasteiger partial charge in [0.1, 0.15) is 0 Å². The van der Waals surface area contributed by atoms with E-state index in [0.717, 1.165) is 0 Å². The van der Waals surface area contributed by atoms with Crippen molar-refractivity contribution in [3.63, 3.8) is 0 Å². The Labute approximate surface area is 96.9 Å². The monoisotopic (exact) mass is 222 g/mol. The smallest absolute Gasteiger partial charge is 0 e. The number of rotatable bonds is 0. The zero-order valence-electron chi connectivity index (χ0n) is 6.64. The fourth-order valence-electron chi connectivity index (χ4n) is 0. The van der Waals surface area contributed by atoms with Gasteiger partial charge in [-0.1, -0.05) is 0 Å². The Bertz CT molecular complexity index is 97.3. The van der Waals surface area contributed by atoms with Crippen LogP contribution in [0.4, 0.5) is 0 Å². The van der Waals surface area contributed by atoms with Crippen molar-refractivity contribution in [1.29, 1.82) is 31.6 Å². The second kappa shape index (κ2) is 156. The van der Waals surface area contributed by atoms with Gasteiger partial charge < -0.3 is 71.0 Å². The quantitative estimate of drug-likeness (QED) is 0.422. The first-order valence-electron chi connectivity index (χ1n) is 1.34. The summed E-state index contributed by atoms with van der Waals surface area (Å²) in [5.74, 6) is 0. The van der Waals surface area contributed by atoms with Crippen molar-refractivity contribution in [3.8, 4) is 0 Å². The molecule has 0 heterocycles. The molecule has 0 atom stereocenters. The summed E-state index contributed by atoms with van der Waals surface area (Å²) >= 11 is 0. The molecule has 0 aliphatic heterocycles. The average molecular weight is 222 g/mol. The zero-order valence-corrected chi connectivity index (χ0v) is 7.82. The number of nitrogens with zero attached hydrogens (tertiary/aromatic N) is 6. The van der Waals surface area contributed by atoms with Gasteiger partial charge >= 0.3 is 0 Å². The van der Waals surface area contributed by atoms with Crippen LogP contribution >= 0.6 is 0 Å². The third-order valence-corrected chi connectivity index (χ3v) is 0. The van der Waals surface area contributed by atoms with Crippen LogP contribution in [0.5, 0.6) is 0 Å². The van der Waals surface area contributed by atoms with Crippen LogP contribution in [0, 0.1) is 71.0 Å². The molecule has 0 bridgehead atoms. The number of hydrogen-bond acceptors (Lipinski definition) is 6. The maximum absolute atomic E-state index is 6.25. The van der Waals surface area contributed by atoms with Gasteiger partial charge in [-0.25, -0.2) is 0 Å². The number of hydrogen-bond donors (Lipinski definition) is 0. The first-order chi connectivity index (χ1) is 6.00. The molecule has 0 aromatic heterocycles. The van der Waals surface area contributed by atoms with Crippen LogP contribution in [-0.4, -0.2) is 8.41 Å². The Balaban J connectivity index is -0.00000000500. The van der Waals surface area contributed by atoms with E-state index < -0.39 is 0 Å². The molecule has 0 aromatic rings. The summed E-state index contributed by atoms with van der Waals surface area (Å²) < 4.78 is 0. The van der Waals surface area contributed by atoms with Crippen molar-refractivity contribution in [2.45, 2.75) is 0 Å². The summed E-state index contributed by atoms with van der Waals surface area (Å²) in [5, 5.41) is 37.5. The second-order valence-electron chi connectivity index (χ2n) is 0. The molecule has 0 fully saturated rings. The minimum atomic E-state index is 0. The van der Waals surface area contributed by atoms with Crippen molar-refractivity contribution >= 4 is 8.41 Å². The van der Waals surface area contributed by atoms with Crippen LogP contribution in [0.2, 0.25) is 0 Å². The SMILES string of the molecule is [B].[C-]#N.[C-]#N.[C-]#N.[C-]#N.[C-]#N.[C-]#N.[Mn]. The molecule has 70 valence electrons. The van der Waals surface area contributed by atoms with Crippen LogP contribution in [0.15, 0.2) is 0 Å². The molecule has 0 aliphatic carbocycles. The van der Waals surface area contributed by atoms with Gasteiger partial charge in [0.05, 0.1) is 0 Å². The molecule has 6 nitrogen and oxygen atoms in total. The van der Waals surface area contributed by atoms with Gasteiger partial charge in [0.15, 0.2) is 0 Å². The molecule has 0 N–H and O–H groups in total. The molecule has 0 aromatic carbocycles. The fourth-order valence-corrected chi connectivity index (χ4v) is 0. The van der Waals surface area contributed by atoms with E-state index >= 15 is 0 Å². The summed E-state index contributed by atoms with van der Waals surface area (Å²) in [7, 11) is 0. The predicted molar refractivity (Wildman–Crippen MR) is 35.6 cm³/mol. The minimum absolute atomic E-state index is 0. The van der Waals surface area contributed by atoms with E-state index in [1.807, 2.05) is 0 Å². The third-order valence-electron chi connectivity index (χ3n) is 0. The molecule has 14 heavy (non-hydrogen) atoms. The van der Waals surface area contributed by atoms with Gasteiger partial charge in [-0.05, 0) is 0 Å². The van der Waals surface area contributed by atoms with Gasteiger partial charge in [0, 0.05) is 25.5 Å². The first-order valence-corrected chi connectivity index (χ1v) is 1.34. The van der Waals surface area contributed by atoms with Gasteiger partial charge in [-0.15, -0.1) is 0 Å². The molecule has 0 rings (SSSR count). The van der Waals surface area contributed by atoms with Crippen molar-refractivity contribution in [2.75, 3.05) is 0 Å². The van der Waals surface area contributed by atoms with Gasteiger partial charge in [-0.3, -0.25) is 0 Å². The molecule has 0 amide bonds. The summed E-state index contributed by atoms with van der Waals surface area (Å²) in [6.07, 6.45) is 0. The summed E-state index contributed by atoms with van der Waals surface area (Å²) in [4.78, 5) is 0. The minimum Gasteiger partial charge on any atom is -0.512 e. The summed E-state index contributed by atoms with van der Waals surface area (Å²) in [6, 6.07) is 0. The van der Waals surface area contributed by atoms with Crippen molar-refractivity contribution in [2.24, 2.45) is 0 Å². The van der Waals surface area contributed by atoms with Crippen LogP contribution in [0.3, 0.4) is 0 Å². The molecular formula is C6BMnN6-6. The van der Waals surface area contributed by atoms with E-state index in [4.69, 9.17) is 71.0 Å². The normalized spacial score (nSPS) is 0.857. The van der Waals surface area contributed by atoms with Gasteiger partial charge in [0.25, 0.3) is 0 Å². The topological polar surface area (TPSA) is 143 Å². The Morgan fingerprint density at radius 1 is 0.357 bits per heavy atom. The summed E-state index contributed by atoms with van der Waals surface area (Å²) in [5.41, 5.74) is 0. The largest absolute Gasteiger partial charge is 0.512 e. The van der Waals surface area contributed by atoms with Crippen LogP contribution in [-0.2, 0) is 17.1 Å². The van der Waals surface area contributed by atoms with E-state index in [-0.39, 0.29) is 25.5 Å². The van der Waals surface area contributed by atoms with Crippen LogP contribution in [0.25, 0.3) is 0 Å². The average Bonchev–Trinajstić information content (AvgIpc) is 2.33. The van der Waals surface area contributed by atoms with Gasteiger partial charge in [0.2, 0.25) is 0 Å². The van der Waals surface area contributed by atoms with Crippen molar-refractivity contribution in [1.82, 2.24) is 0 Å². The zero-order chi connectivity index (χ0) is 12.0. The molecule has 0 saturated carbocycles. The molecule has 0 aliphatic rings. The van der Waals surface area contributed by atoms with E-state index in [0.29, 0.717) is 0 Å². The molecule has 0 spiro atoms. The fraction of sp³-hybridized carbons (Fsp3) is 0. The van der Waals surface area contributed by atoms with E-state index in [1.165, 1.54) is 0 Å². The molecule has 0 saturated heterocycles. The Kier molecular flexibility index (Phi) is 1140.